The molecule has 0 aliphatic carbocycles. The Labute approximate surface area is 176 Å². The van der Waals surface area contributed by atoms with Crippen LogP contribution in [0.1, 0.15) is 5.69 Å². The quantitative estimate of drug-likeness (QED) is 0.491. The fraction of sp³-hybridized carbons (Fsp3) is 0.190. The lowest BCUT2D eigenvalue weighted by Crippen LogP contribution is -2.36. The van der Waals surface area contributed by atoms with Gasteiger partial charge in [0.25, 0.3) is 5.91 Å². The molecule has 29 heavy (non-hydrogen) atoms. The molecule has 8 heteroatoms. The van der Waals surface area contributed by atoms with Crippen LogP contribution in [0.25, 0.3) is 16.6 Å². The second-order valence-corrected chi connectivity index (χ2v) is 8.00. The van der Waals surface area contributed by atoms with Gasteiger partial charge in [-0.05, 0) is 41.8 Å². The van der Waals surface area contributed by atoms with Gasteiger partial charge in [-0.15, -0.1) is 11.3 Å². The number of benzene rings is 1. The normalized spacial score (nSPS) is 14.4. The number of anilines is 2. The van der Waals surface area contributed by atoms with Crippen LogP contribution >= 0.6 is 22.7 Å². The van der Waals surface area contributed by atoms with Gasteiger partial charge in [0.05, 0.1) is 18.9 Å². The van der Waals surface area contributed by atoms with Crippen LogP contribution in [0.15, 0.2) is 52.0 Å². The van der Waals surface area contributed by atoms with Crippen molar-refractivity contribution in [1.29, 1.82) is 5.26 Å². The van der Waals surface area contributed by atoms with E-state index in [1.807, 2.05) is 52.5 Å². The first-order chi connectivity index (χ1) is 14.2. The smallest absolute Gasteiger partial charge is 0.266 e. The van der Waals surface area contributed by atoms with Crippen molar-refractivity contribution < 1.29 is 9.53 Å². The maximum atomic E-state index is 12.5. The van der Waals surface area contributed by atoms with Gasteiger partial charge in [0.2, 0.25) is 0 Å². The summed E-state index contributed by atoms with van der Waals surface area (Å²) in [7, 11) is 0. The van der Waals surface area contributed by atoms with Crippen molar-refractivity contribution in [2.45, 2.75) is 0 Å². The number of hydrogen-bond donors (Lipinski definition) is 1. The number of rotatable bonds is 5. The molecule has 1 N–H and O–H groups in total. The van der Waals surface area contributed by atoms with Crippen LogP contribution < -0.4 is 10.2 Å². The van der Waals surface area contributed by atoms with Crippen molar-refractivity contribution in [3.63, 3.8) is 0 Å². The number of nitrogens with one attached hydrogen (secondary N) is 1. The van der Waals surface area contributed by atoms with Crippen LogP contribution in [0.2, 0.25) is 0 Å². The predicted octanol–water partition coefficient (Wildman–Crippen LogP) is 4.25. The lowest BCUT2D eigenvalue weighted by atomic mass is 10.2. The minimum Gasteiger partial charge on any atom is -0.378 e. The predicted molar refractivity (Wildman–Crippen MR) is 117 cm³/mol. The average Bonchev–Trinajstić information content (AvgIpc) is 3.45. The Morgan fingerprint density at radius 1 is 1.21 bits per heavy atom. The SMILES string of the molecule is N#CC(=Cc1csc(-c2ccsc2)n1)C(=O)Nc1ccc(N2CCOCC2)cc1. The van der Waals surface area contributed by atoms with Crippen LogP contribution in [0.5, 0.6) is 0 Å². The van der Waals surface area contributed by atoms with E-state index in [4.69, 9.17) is 4.74 Å². The maximum Gasteiger partial charge on any atom is 0.266 e. The van der Waals surface area contributed by atoms with Gasteiger partial charge in [-0.25, -0.2) is 4.98 Å². The van der Waals surface area contributed by atoms with E-state index in [1.54, 1.807) is 11.3 Å². The number of aromatic nitrogens is 1. The van der Waals surface area contributed by atoms with Crippen molar-refractivity contribution >= 4 is 46.0 Å². The summed E-state index contributed by atoms with van der Waals surface area (Å²) in [5.74, 6) is -0.447. The van der Waals surface area contributed by atoms with Crippen LogP contribution in [-0.4, -0.2) is 37.2 Å². The first kappa shape index (κ1) is 19.3. The van der Waals surface area contributed by atoms with E-state index in [9.17, 15) is 10.1 Å². The van der Waals surface area contributed by atoms with Gasteiger partial charge in [-0.3, -0.25) is 4.79 Å². The highest BCUT2D eigenvalue weighted by Gasteiger charge is 2.13. The highest BCUT2D eigenvalue weighted by molar-refractivity contribution is 7.14. The Kier molecular flexibility index (Phi) is 6.00. The lowest BCUT2D eigenvalue weighted by Gasteiger charge is -2.28. The molecule has 1 aliphatic heterocycles. The lowest BCUT2D eigenvalue weighted by molar-refractivity contribution is -0.112. The molecule has 3 heterocycles. The molecule has 1 fully saturated rings. The molecule has 1 amide bonds. The molecule has 0 atom stereocenters. The van der Waals surface area contributed by atoms with E-state index in [1.165, 1.54) is 17.4 Å². The van der Waals surface area contributed by atoms with E-state index in [0.29, 0.717) is 11.4 Å². The molecular weight excluding hydrogens is 404 g/mol. The molecule has 2 aromatic heterocycles. The van der Waals surface area contributed by atoms with E-state index < -0.39 is 5.91 Å². The molecule has 146 valence electrons. The summed E-state index contributed by atoms with van der Waals surface area (Å²) in [4.78, 5) is 19.3. The third kappa shape index (κ3) is 4.71. The molecular formula is C21H18N4O2S2. The topological polar surface area (TPSA) is 78.2 Å². The van der Waals surface area contributed by atoms with E-state index in [2.05, 4.69) is 15.2 Å². The van der Waals surface area contributed by atoms with Crippen molar-refractivity contribution in [3.8, 4) is 16.6 Å². The molecule has 1 aliphatic rings. The Hall–Kier alpha value is -2.99. The highest BCUT2D eigenvalue weighted by Crippen LogP contribution is 2.26. The number of carbonyl (C=O) groups excluding carboxylic acids is 1. The van der Waals surface area contributed by atoms with Gasteiger partial charge < -0.3 is 15.0 Å². The van der Waals surface area contributed by atoms with Crippen molar-refractivity contribution in [2.24, 2.45) is 0 Å². The summed E-state index contributed by atoms with van der Waals surface area (Å²) in [5, 5.41) is 18.9. The van der Waals surface area contributed by atoms with Crippen molar-refractivity contribution in [2.75, 3.05) is 36.5 Å². The molecule has 0 bridgehead atoms. The van der Waals surface area contributed by atoms with Crippen LogP contribution in [0.4, 0.5) is 11.4 Å². The molecule has 6 nitrogen and oxygen atoms in total. The molecule has 0 saturated carbocycles. The number of hydrogen-bond acceptors (Lipinski definition) is 7. The number of nitrogens with zero attached hydrogens (tertiary/aromatic N) is 3. The molecule has 0 spiro atoms. The monoisotopic (exact) mass is 422 g/mol. The van der Waals surface area contributed by atoms with Gasteiger partial charge in [0.1, 0.15) is 16.6 Å². The third-order valence-corrected chi connectivity index (χ3v) is 6.04. The Morgan fingerprint density at radius 3 is 2.69 bits per heavy atom. The summed E-state index contributed by atoms with van der Waals surface area (Å²) in [6.07, 6.45) is 1.52. The zero-order chi connectivity index (χ0) is 20.1. The minimum atomic E-state index is -0.447. The van der Waals surface area contributed by atoms with E-state index >= 15 is 0 Å². The summed E-state index contributed by atoms with van der Waals surface area (Å²) in [6.45, 7) is 3.15. The maximum absolute atomic E-state index is 12.5. The Bertz CT molecular complexity index is 1040. The molecule has 3 aromatic rings. The van der Waals surface area contributed by atoms with Crippen LogP contribution in [0.3, 0.4) is 0 Å². The van der Waals surface area contributed by atoms with Gasteiger partial charge >= 0.3 is 0 Å². The summed E-state index contributed by atoms with van der Waals surface area (Å²) < 4.78 is 5.37. The molecule has 4 rings (SSSR count). The number of thiophene rings is 1. The standard InChI is InChI=1S/C21H18N4O2S2/c22-12-16(11-18-14-29-21(24-18)15-5-10-28-13-15)20(26)23-17-1-3-19(4-2-17)25-6-8-27-9-7-25/h1-5,10-11,13-14H,6-9H2,(H,23,26). The molecule has 1 saturated heterocycles. The second-order valence-electron chi connectivity index (χ2n) is 6.36. The summed E-state index contributed by atoms with van der Waals surface area (Å²) >= 11 is 3.09. The first-order valence-corrected chi connectivity index (χ1v) is 10.9. The first-order valence-electron chi connectivity index (χ1n) is 9.07. The summed E-state index contributed by atoms with van der Waals surface area (Å²) in [6, 6.07) is 11.6. The highest BCUT2D eigenvalue weighted by atomic mass is 32.1. The Balaban J connectivity index is 1.43. The van der Waals surface area contributed by atoms with E-state index in [-0.39, 0.29) is 5.57 Å². The van der Waals surface area contributed by atoms with Crippen molar-refractivity contribution in [1.82, 2.24) is 4.98 Å². The van der Waals surface area contributed by atoms with Gasteiger partial charge in [-0.1, -0.05) is 0 Å². The van der Waals surface area contributed by atoms with Gasteiger partial charge in [0, 0.05) is 40.8 Å². The number of nitriles is 1. The average molecular weight is 423 g/mol. The molecule has 0 unspecified atom stereocenters. The number of carbonyl (C=O) groups is 1. The van der Waals surface area contributed by atoms with Crippen LogP contribution in [0, 0.1) is 11.3 Å². The number of amides is 1. The minimum absolute atomic E-state index is 0.0180. The summed E-state index contributed by atoms with van der Waals surface area (Å²) in [5.41, 5.74) is 3.40. The van der Waals surface area contributed by atoms with Crippen molar-refractivity contribution in [3.05, 3.63) is 57.7 Å². The van der Waals surface area contributed by atoms with Gasteiger partial charge in [-0.2, -0.15) is 16.6 Å². The van der Waals surface area contributed by atoms with Gasteiger partial charge in [0.15, 0.2) is 0 Å². The number of morpholine rings is 1. The Morgan fingerprint density at radius 2 is 2.00 bits per heavy atom. The molecule has 1 aromatic carbocycles. The number of ether oxygens (including phenoxy) is 1. The zero-order valence-corrected chi connectivity index (χ0v) is 17.1. The van der Waals surface area contributed by atoms with E-state index in [0.717, 1.165) is 42.6 Å². The number of thiazole rings is 1. The second kappa shape index (κ2) is 9.01. The fourth-order valence-corrected chi connectivity index (χ4v) is 4.43. The van der Waals surface area contributed by atoms with Crippen LogP contribution in [-0.2, 0) is 9.53 Å². The fourth-order valence-electron chi connectivity index (χ4n) is 2.94. The molecule has 0 radical (unpaired) electrons. The largest absolute Gasteiger partial charge is 0.378 e. The third-order valence-electron chi connectivity index (χ3n) is 4.45. The zero-order valence-electron chi connectivity index (χ0n) is 15.5.